The van der Waals surface area contributed by atoms with Gasteiger partial charge in [0, 0.05) is 12.6 Å². The van der Waals surface area contributed by atoms with Crippen molar-refractivity contribution in [3.63, 3.8) is 0 Å². The zero-order valence-corrected chi connectivity index (χ0v) is 8.66. The van der Waals surface area contributed by atoms with Gasteiger partial charge in [-0.15, -0.1) is 0 Å². The van der Waals surface area contributed by atoms with Crippen LogP contribution in [-0.2, 0) is 9.53 Å². The van der Waals surface area contributed by atoms with Crippen LogP contribution in [0.2, 0.25) is 0 Å². The zero-order chi connectivity index (χ0) is 10.4. The average molecular weight is 201 g/mol. The predicted octanol–water partition coefficient (Wildman–Crippen LogP) is 0.443. The summed E-state index contributed by atoms with van der Waals surface area (Å²) in [6.07, 6.45) is 5.05. The van der Waals surface area contributed by atoms with E-state index in [1.54, 1.807) is 0 Å². The first kappa shape index (κ1) is 11.5. The Morgan fingerprint density at radius 3 is 2.71 bits per heavy atom. The average Bonchev–Trinajstić information content (AvgIpc) is 2.26. The summed E-state index contributed by atoms with van der Waals surface area (Å²) in [6.45, 7) is 0.303. The molecule has 0 heterocycles. The molecule has 0 radical (unpaired) electrons. The fourth-order valence-electron chi connectivity index (χ4n) is 1.80. The minimum absolute atomic E-state index is 0.303. The summed E-state index contributed by atoms with van der Waals surface area (Å²) in [5.41, 5.74) is 0. The number of aliphatic hydroxyl groups excluding tert-OH is 1. The normalized spacial score (nSPS) is 20.4. The Labute approximate surface area is 84.6 Å². The Bertz CT molecular complexity index is 178. The van der Waals surface area contributed by atoms with Crippen LogP contribution in [-0.4, -0.2) is 36.9 Å². The van der Waals surface area contributed by atoms with Gasteiger partial charge < -0.3 is 15.2 Å². The first-order chi connectivity index (χ1) is 6.74. The van der Waals surface area contributed by atoms with Gasteiger partial charge in [0.1, 0.15) is 0 Å². The van der Waals surface area contributed by atoms with Crippen molar-refractivity contribution in [3.05, 3.63) is 0 Å². The highest BCUT2D eigenvalue weighted by atomic mass is 16.5. The largest absolute Gasteiger partial charge is 0.467 e. The second kappa shape index (κ2) is 5.98. The van der Waals surface area contributed by atoms with Gasteiger partial charge in [-0.3, -0.25) is 0 Å². The van der Waals surface area contributed by atoms with Crippen molar-refractivity contribution in [2.75, 3.05) is 13.7 Å². The van der Waals surface area contributed by atoms with Crippen LogP contribution in [0.1, 0.15) is 32.1 Å². The Kier molecular flexibility index (Phi) is 4.90. The third-order valence-electron chi connectivity index (χ3n) is 2.68. The monoisotopic (exact) mass is 201 g/mol. The third-order valence-corrected chi connectivity index (χ3v) is 2.68. The number of ether oxygens (including phenoxy) is 1. The van der Waals surface area contributed by atoms with E-state index in [4.69, 9.17) is 0 Å². The molecular weight excluding hydrogens is 182 g/mol. The molecule has 14 heavy (non-hydrogen) atoms. The molecule has 0 aromatic heterocycles. The zero-order valence-electron chi connectivity index (χ0n) is 8.66. The summed E-state index contributed by atoms with van der Waals surface area (Å²) in [4.78, 5) is 10.9. The molecule has 0 amide bonds. The van der Waals surface area contributed by atoms with E-state index in [-0.39, 0.29) is 0 Å². The van der Waals surface area contributed by atoms with Crippen LogP contribution in [0.5, 0.6) is 0 Å². The molecular formula is C10H19NO3. The van der Waals surface area contributed by atoms with E-state index < -0.39 is 12.1 Å². The number of hydrogen-bond acceptors (Lipinski definition) is 4. The second-order valence-electron chi connectivity index (χ2n) is 3.78. The van der Waals surface area contributed by atoms with Crippen LogP contribution in [0.15, 0.2) is 0 Å². The van der Waals surface area contributed by atoms with Gasteiger partial charge in [-0.25, -0.2) is 4.79 Å². The van der Waals surface area contributed by atoms with Crippen LogP contribution in [0.25, 0.3) is 0 Å². The topological polar surface area (TPSA) is 58.6 Å². The van der Waals surface area contributed by atoms with Gasteiger partial charge in [-0.1, -0.05) is 19.3 Å². The first-order valence-corrected chi connectivity index (χ1v) is 5.23. The molecule has 1 unspecified atom stereocenters. The molecule has 1 rings (SSSR count). The molecule has 4 heteroatoms. The lowest BCUT2D eigenvalue weighted by Gasteiger charge is -2.23. The number of rotatable bonds is 4. The summed E-state index contributed by atoms with van der Waals surface area (Å²) in [7, 11) is 1.28. The molecule has 1 saturated carbocycles. The standard InChI is InChI=1S/C10H19NO3/c1-14-10(13)9(12)7-11-8-5-3-2-4-6-8/h8-9,11-12H,2-7H2,1H3. The maximum atomic E-state index is 10.9. The van der Waals surface area contributed by atoms with Crippen molar-refractivity contribution in [2.45, 2.75) is 44.2 Å². The smallest absolute Gasteiger partial charge is 0.336 e. The molecule has 1 aliphatic rings. The molecule has 0 aromatic carbocycles. The fraction of sp³-hybridized carbons (Fsp3) is 0.900. The van der Waals surface area contributed by atoms with Crippen LogP contribution >= 0.6 is 0 Å². The molecule has 0 aromatic rings. The second-order valence-corrected chi connectivity index (χ2v) is 3.78. The molecule has 1 fully saturated rings. The molecule has 2 N–H and O–H groups in total. The van der Waals surface area contributed by atoms with E-state index in [0.29, 0.717) is 12.6 Å². The van der Waals surface area contributed by atoms with E-state index in [1.807, 2.05) is 0 Å². The predicted molar refractivity (Wildman–Crippen MR) is 52.9 cm³/mol. The van der Waals surface area contributed by atoms with Crippen molar-refractivity contribution in [2.24, 2.45) is 0 Å². The lowest BCUT2D eigenvalue weighted by atomic mass is 9.95. The van der Waals surface area contributed by atoms with Crippen molar-refractivity contribution in [3.8, 4) is 0 Å². The van der Waals surface area contributed by atoms with Gasteiger partial charge in [0.2, 0.25) is 0 Å². The van der Waals surface area contributed by atoms with Crippen LogP contribution in [0.4, 0.5) is 0 Å². The minimum Gasteiger partial charge on any atom is -0.467 e. The molecule has 0 aliphatic heterocycles. The number of carbonyl (C=O) groups is 1. The third kappa shape index (κ3) is 3.64. The van der Waals surface area contributed by atoms with Gasteiger partial charge in [-0.05, 0) is 12.8 Å². The van der Waals surface area contributed by atoms with Crippen molar-refractivity contribution >= 4 is 5.97 Å². The lowest BCUT2D eigenvalue weighted by molar-refractivity contribution is -0.150. The number of aliphatic hydroxyl groups is 1. The Morgan fingerprint density at radius 2 is 2.14 bits per heavy atom. The molecule has 0 spiro atoms. The van der Waals surface area contributed by atoms with E-state index in [9.17, 15) is 9.90 Å². The minimum atomic E-state index is -1.03. The number of methoxy groups -OCH3 is 1. The summed E-state index contributed by atoms with van der Waals surface area (Å²) < 4.78 is 4.42. The van der Waals surface area contributed by atoms with Gasteiger partial charge in [-0.2, -0.15) is 0 Å². The SMILES string of the molecule is COC(=O)C(O)CNC1CCCCC1. The summed E-state index contributed by atoms with van der Waals surface area (Å²) in [6, 6.07) is 0.461. The highest BCUT2D eigenvalue weighted by molar-refractivity contribution is 5.74. The fourth-order valence-corrected chi connectivity index (χ4v) is 1.80. The molecule has 1 atom stereocenters. The number of esters is 1. The van der Waals surface area contributed by atoms with E-state index in [0.717, 1.165) is 12.8 Å². The molecule has 0 saturated heterocycles. The quantitative estimate of drug-likeness (QED) is 0.648. The summed E-state index contributed by atoms with van der Waals surface area (Å²) in [5.74, 6) is -0.562. The van der Waals surface area contributed by atoms with E-state index in [1.165, 1.54) is 26.4 Å². The lowest BCUT2D eigenvalue weighted by Crippen LogP contribution is -2.40. The highest BCUT2D eigenvalue weighted by Crippen LogP contribution is 2.17. The Hall–Kier alpha value is -0.610. The van der Waals surface area contributed by atoms with Crippen molar-refractivity contribution < 1.29 is 14.6 Å². The molecule has 1 aliphatic carbocycles. The van der Waals surface area contributed by atoms with Crippen molar-refractivity contribution in [1.29, 1.82) is 0 Å². The van der Waals surface area contributed by atoms with Gasteiger partial charge >= 0.3 is 5.97 Å². The van der Waals surface area contributed by atoms with Crippen LogP contribution in [0, 0.1) is 0 Å². The number of hydrogen-bond donors (Lipinski definition) is 2. The maximum Gasteiger partial charge on any atom is 0.336 e. The maximum absolute atomic E-state index is 10.9. The van der Waals surface area contributed by atoms with E-state index >= 15 is 0 Å². The number of nitrogens with one attached hydrogen (secondary N) is 1. The first-order valence-electron chi connectivity index (χ1n) is 5.23. The van der Waals surface area contributed by atoms with Crippen LogP contribution < -0.4 is 5.32 Å². The Balaban J connectivity index is 2.15. The summed E-state index contributed by atoms with van der Waals surface area (Å²) in [5, 5.41) is 12.5. The molecule has 0 bridgehead atoms. The Morgan fingerprint density at radius 1 is 1.50 bits per heavy atom. The summed E-state index contributed by atoms with van der Waals surface area (Å²) >= 11 is 0. The van der Waals surface area contributed by atoms with Gasteiger partial charge in [0.05, 0.1) is 7.11 Å². The highest BCUT2D eigenvalue weighted by Gasteiger charge is 2.18. The van der Waals surface area contributed by atoms with E-state index in [2.05, 4.69) is 10.1 Å². The van der Waals surface area contributed by atoms with Gasteiger partial charge in [0.25, 0.3) is 0 Å². The molecule has 4 nitrogen and oxygen atoms in total. The van der Waals surface area contributed by atoms with Crippen molar-refractivity contribution in [1.82, 2.24) is 5.32 Å². The van der Waals surface area contributed by atoms with Crippen LogP contribution in [0.3, 0.4) is 0 Å². The molecule has 82 valence electrons. The van der Waals surface area contributed by atoms with Gasteiger partial charge in [0.15, 0.2) is 6.10 Å². The number of carbonyl (C=O) groups excluding carboxylic acids is 1.